The van der Waals surface area contributed by atoms with Crippen molar-refractivity contribution in [1.29, 1.82) is 0 Å². The van der Waals surface area contributed by atoms with Crippen LogP contribution in [0, 0.1) is 6.92 Å². The molecule has 2 rings (SSSR count). The lowest BCUT2D eigenvalue weighted by atomic mass is 10.1. The van der Waals surface area contributed by atoms with E-state index >= 15 is 0 Å². The lowest BCUT2D eigenvalue weighted by molar-refractivity contribution is -0.166. The number of nitrogens with one attached hydrogen (secondary N) is 2. The van der Waals surface area contributed by atoms with Crippen LogP contribution in [0.15, 0.2) is 36.2 Å². The van der Waals surface area contributed by atoms with Crippen LogP contribution in [-0.4, -0.2) is 12.0 Å². The molecule has 0 amide bonds. The third-order valence-electron chi connectivity index (χ3n) is 2.47. The summed E-state index contributed by atoms with van der Waals surface area (Å²) in [6, 6.07) is 6.80. The van der Waals surface area contributed by atoms with Crippen LogP contribution in [0.5, 0.6) is 0 Å². The normalized spacial score (nSPS) is 15.3. The molecule has 2 N–H and O–H groups in total. The molecule has 96 valence electrons. The zero-order chi connectivity index (χ0) is 13.3. The molecule has 1 aliphatic heterocycles. The van der Waals surface area contributed by atoms with Gasteiger partial charge in [-0.15, -0.1) is 5.53 Å². The Morgan fingerprint density at radius 3 is 2.56 bits per heavy atom. The third kappa shape index (κ3) is 2.17. The second kappa shape index (κ2) is 4.34. The Morgan fingerprint density at radius 2 is 1.94 bits per heavy atom. The van der Waals surface area contributed by atoms with Crippen molar-refractivity contribution in [2.75, 3.05) is 5.01 Å². The molecule has 0 spiro atoms. The third-order valence-corrected chi connectivity index (χ3v) is 2.47. The van der Waals surface area contributed by atoms with Crippen LogP contribution in [0.4, 0.5) is 18.9 Å². The number of anilines is 1. The molecule has 0 unspecified atom stereocenters. The lowest BCUT2D eigenvalue weighted by Crippen LogP contribution is -2.41. The Kier molecular flexibility index (Phi) is 3.00. The maximum Gasteiger partial charge on any atom is 0.456 e. The topological polar surface area (TPSA) is 44.4 Å². The minimum Gasteiger partial charge on any atom is -0.309 e. The van der Waals surface area contributed by atoms with Crippen molar-refractivity contribution >= 4 is 11.5 Å². The molecule has 1 heterocycles. The molecule has 0 atom stereocenters. The van der Waals surface area contributed by atoms with Crippen LogP contribution >= 0.6 is 0 Å². The Balaban J connectivity index is 2.34. The first-order valence-electron chi connectivity index (χ1n) is 5.10. The van der Waals surface area contributed by atoms with E-state index in [1.807, 2.05) is 0 Å². The summed E-state index contributed by atoms with van der Waals surface area (Å²) in [4.78, 5) is 11.2. The molecule has 1 aliphatic rings. The van der Waals surface area contributed by atoms with Crippen molar-refractivity contribution in [2.24, 2.45) is 0 Å². The van der Waals surface area contributed by atoms with E-state index in [1.54, 1.807) is 31.2 Å². The Morgan fingerprint density at radius 1 is 1.28 bits per heavy atom. The molecule has 1 aromatic rings. The second-order valence-corrected chi connectivity index (χ2v) is 3.73. The number of aryl methyl sites for hydroxylation is 1. The smallest absolute Gasteiger partial charge is 0.309 e. The summed E-state index contributed by atoms with van der Waals surface area (Å²) in [5, 5.41) is 1.07. The fourth-order valence-corrected chi connectivity index (χ4v) is 1.61. The molecule has 0 bridgehead atoms. The van der Waals surface area contributed by atoms with Crippen LogP contribution < -0.4 is 16.0 Å². The number of benzene rings is 1. The van der Waals surface area contributed by atoms with Gasteiger partial charge in [0, 0.05) is 6.20 Å². The standard InChI is InChI=1S/C11H10F3N3O/c1-7-4-2-3-5-8(7)17-9(6-15-16-17)10(18)11(12,13)14/h2-6,15-16H,1H3. The van der Waals surface area contributed by atoms with Crippen molar-refractivity contribution in [2.45, 2.75) is 13.1 Å². The number of alkyl halides is 3. The molecular formula is C11H10F3N3O. The number of nitrogens with zero attached hydrogens (tertiary/aromatic N) is 1. The summed E-state index contributed by atoms with van der Waals surface area (Å²) in [5.74, 6) is -1.90. The molecule has 0 aromatic heterocycles. The predicted molar refractivity (Wildman–Crippen MR) is 59.1 cm³/mol. The van der Waals surface area contributed by atoms with E-state index in [2.05, 4.69) is 11.0 Å². The van der Waals surface area contributed by atoms with E-state index in [-0.39, 0.29) is 0 Å². The van der Waals surface area contributed by atoms with Crippen LogP contribution in [0.2, 0.25) is 0 Å². The van der Waals surface area contributed by atoms with Gasteiger partial charge in [0.15, 0.2) is 0 Å². The van der Waals surface area contributed by atoms with Crippen LogP contribution in [0.1, 0.15) is 5.56 Å². The van der Waals surface area contributed by atoms with E-state index in [9.17, 15) is 18.0 Å². The van der Waals surface area contributed by atoms with E-state index in [1.165, 1.54) is 0 Å². The summed E-state index contributed by atoms with van der Waals surface area (Å²) >= 11 is 0. The molecule has 0 radical (unpaired) electrons. The Hall–Kier alpha value is -2.02. The fraction of sp³-hybridized carbons (Fsp3) is 0.182. The first-order chi connectivity index (χ1) is 8.41. The van der Waals surface area contributed by atoms with Gasteiger partial charge in [0.25, 0.3) is 5.78 Å². The van der Waals surface area contributed by atoms with E-state index in [4.69, 9.17) is 0 Å². The van der Waals surface area contributed by atoms with Crippen molar-refractivity contribution in [3.8, 4) is 0 Å². The quantitative estimate of drug-likeness (QED) is 0.848. The van der Waals surface area contributed by atoms with Gasteiger partial charge < -0.3 is 5.43 Å². The van der Waals surface area contributed by atoms with Crippen LogP contribution in [0.25, 0.3) is 0 Å². The van der Waals surface area contributed by atoms with Gasteiger partial charge in [0.05, 0.1) is 5.69 Å². The maximum absolute atomic E-state index is 12.4. The number of para-hydroxylation sites is 1. The monoisotopic (exact) mass is 257 g/mol. The molecule has 0 aliphatic carbocycles. The van der Waals surface area contributed by atoms with Crippen LogP contribution in [0.3, 0.4) is 0 Å². The minimum atomic E-state index is -4.90. The van der Waals surface area contributed by atoms with Gasteiger partial charge in [-0.05, 0) is 18.6 Å². The number of hydrazine groups is 2. The zero-order valence-electron chi connectivity index (χ0n) is 9.38. The molecule has 18 heavy (non-hydrogen) atoms. The molecule has 1 aromatic carbocycles. The van der Waals surface area contributed by atoms with Gasteiger partial charge >= 0.3 is 6.18 Å². The highest BCUT2D eigenvalue weighted by Gasteiger charge is 2.44. The van der Waals surface area contributed by atoms with Crippen molar-refractivity contribution < 1.29 is 18.0 Å². The van der Waals surface area contributed by atoms with E-state index < -0.39 is 17.7 Å². The highest BCUT2D eigenvalue weighted by atomic mass is 19.4. The average molecular weight is 257 g/mol. The summed E-state index contributed by atoms with van der Waals surface area (Å²) in [7, 11) is 0. The largest absolute Gasteiger partial charge is 0.456 e. The van der Waals surface area contributed by atoms with Gasteiger partial charge in [-0.2, -0.15) is 13.2 Å². The van der Waals surface area contributed by atoms with Crippen molar-refractivity contribution in [3.63, 3.8) is 0 Å². The highest BCUT2D eigenvalue weighted by molar-refractivity contribution is 6.02. The van der Waals surface area contributed by atoms with E-state index in [0.29, 0.717) is 5.69 Å². The van der Waals surface area contributed by atoms with Crippen molar-refractivity contribution in [3.05, 3.63) is 41.7 Å². The van der Waals surface area contributed by atoms with E-state index in [0.717, 1.165) is 16.8 Å². The molecular weight excluding hydrogens is 247 g/mol. The van der Waals surface area contributed by atoms with Gasteiger partial charge in [0.1, 0.15) is 5.70 Å². The van der Waals surface area contributed by atoms with Crippen molar-refractivity contribution in [1.82, 2.24) is 11.0 Å². The number of allylic oxidation sites excluding steroid dienone is 1. The summed E-state index contributed by atoms with van der Waals surface area (Å²) < 4.78 is 37.3. The zero-order valence-corrected chi connectivity index (χ0v) is 9.38. The number of rotatable bonds is 2. The molecule has 0 saturated carbocycles. The highest BCUT2D eigenvalue weighted by Crippen LogP contribution is 2.28. The Bertz CT molecular complexity index is 511. The van der Waals surface area contributed by atoms with Gasteiger partial charge in [-0.1, -0.05) is 18.2 Å². The number of hydrogen-bond acceptors (Lipinski definition) is 4. The molecule has 7 heteroatoms. The number of Topliss-reactive ketones (excluding diaryl/α,β-unsaturated/α-hetero) is 1. The average Bonchev–Trinajstić information content (AvgIpc) is 2.76. The lowest BCUT2D eigenvalue weighted by Gasteiger charge is -2.22. The number of halogens is 3. The number of carbonyl (C=O) groups excluding carboxylic acids is 1. The van der Waals surface area contributed by atoms with Crippen LogP contribution in [-0.2, 0) is 4.79 Å². The predicted octanol–water partition coefficient (Wildman–Crippen LogP) is 1.80. The first kappa shape index (κ1) is 12.4. The summed E-state index contributed by atoms with van der Waals surface area (Å²) in [5.41, 5.74) is 5.61. The van der Waals surface area contributed by atoms with Gasteiger partial charge in [-0.3, -0.25) is 9.80 Å². The van der Waals surface area contributed by atoms with Gasteiger partial charge in [0.2, 0.25) is 0 Å². The molecule has 0 saturated heterocycles. The summed E-state index contributed by atoms with van der Waals surface area (Å²) in [6.45, 7) is 1.74. The number of ketones is 1. The second-order valence-electron chi connectivity index (χ2n) is 3.73. The molecule has 0 fully saturated rings. The number of carbonyl (C=O) groups is 1. The molecule has 4 nitrogen and oxygen atoms in total. The fourth-order valence-electron chi connectivity index (χ4n) is 1.61. The number of hydrogen-bond donors (Lipinski definition) is 2. The first-order valence-corrected chi connectivity index (χ1v) is 5.10. The van der Waals surface area contributed by atoms with Gasteiger partial charge in [-0.25, -0.2) is 0 Å². The summed E-state index contributed by atoms with van der Waals surface area (Å²) in [6.07, 6.45) is -3.91. The minimum absolute atomic E-state index is 0.478. The Labute approximate surface area is 101 Å². The SMILES string of the molecule is Cc1ccccc1N1NNC=C1C(=O)C(F)(F)F. The maximum atomic E-state index is 12.4.